The highest BCUT2D eigenvalue weighted by atomic mass is 14.9. The average molecular weight is 175 g/mol. The molecule has 68 valence electrons. The molecule has 1 N–H and O–H groups in total. The van der Waals surface area contributed by atoms with E-state index >= 15 is 0 Å². The number of pyridine rings is 1. The van der Waals surface area contributed by atoms with E-state index in [-0.39, 0.29) is 5.41 Å². The number of nitrogens with zero attached hydrogens (tertiary/aromatic N) is 2. The first-order valence-corrected chi connectivity index (χ1v) is 4.37. The lowest BCUT2D eigenvalue weighted by atomic mass is 9.91. The third-order valence-corrected chi connectivity index (χ3v) is 2.08. The summed E-state index contributed by atoms with van der Waals surface area (Å²) in [7, 11) is 0. The summed E-state index contributed by atoms with van der Waals surface area (Å²) in [5.74, 6) is 0. The molecule has 0 aliphatic rings. The van der Waals surface area contributed by atoms with Crippen LogP contribution in [0.25, 0.3) is 11.0 Å². The smallest absolute Gasteiger partial charge is 0.107 e. The van der Waals surface area contributed by atoms with E-state index in [1.807, 2.05) is 6.20 Å². The molecule has 0 atom stereocenters. The van der Waals surface area contributed by atoms with Gasteiger partial charge in [0.1, 0.15) is 5.52 Å². The number of fused-ring (bicyclic) bond motifs is 1. The van der Waals surface area contributed by atoms with Crippen LogP contribution in [0.5, 0.6) is 0 Å². The molecule has 0 saturated heterocycles. The van der Waals surface area contributed by atoms with Crippen LogP contribution in [0.2, 0.25) is 0 Å². The van der Waals surface area contributed by atoms with Crippen LogP contribution in [0.15, 0.2) is 18.6 Å². The Hall–Kier alpha value is -1.38. The third-order valence-electron chi connectivity index (χ3n) is 2.08. The highest BCUT2D eigenvalue weighted by Gasteiger charge is 2.15. The van der Waals surface area contributed by atoms with Crippen molar-refractivity contribution in [2.75, 3.05) is 0 Å². The summed E-state index contributed by atoms with van der Waals surface area (Å²) >= 11 is 0. The summed E-state index contributed by atoms with van der Waals surface area (Å²) in [6.07, 6.45) is 3.51. The van der Waals surface area contributed by atoms with Crippen LogP contribution in [0, 0.1) is 0 Å². The summed E-state index contributed by atoms with van der Waals surface area (Å²) in [5, 5.41) is 0. The van der Waals surface area contributed by atoms with Gasteiger partial charge in [-0.1, -0.05) is 20.8 Å². The van der Waals surface area contributed by atoms with Gasteiger partial charge in [0, 0.05) is 11.1 Å². The zero-order valence-corrected chi connectivity index (χ0v) is 8.13. The number of rotatable bonds is 0. The van der Waals surface area contributed by atoms with E-state index in [0.29, 0.717) is 0 Å². The zero-order valence-electron chi connectivity index (χ0n) is 8.13. The molecule has 0 spiro atoms. The van der Waals surface area contributed by atoms with Crippen LogP contribution in [0.3, 0.4) is 0 Å². The fraction of sp³-hybridized carbons (Fsp3) is 0.400. The molecule has 0 aliphatic carbocycles. The van der Waals surface area contributed by atoms with Gasteiger partial charge in [0.15, 0.2) is 0 Å². The van der Waals surface area contributed by atoms with Crippen LogP contribution >= 0.6 is 0 Å². The largest absolute Gasteiger partial charge is 0.344 e. The minimum Gasteiger partial charge on any atom is -0.344 e. The fourth-order valence-corrected chi connectivity index (χ4v) is 1.25. The first-order chi connectivity index (χ1) is 6.07. The molecule has 2 aromatic rings. The van der Waals surface area contributed by atoms with Crippen molar-refractivity contribution in [1.29, 1.82) is 0 Å². The SMILES string of the molecule is CC(C)(C)c1cc2[nH]cnc2cn1. The Kier molecular flexibility index (Phi) is 1.62. The van der Waals surface area contributed by atoms with Gasteiger partial charge < -0.3 is 4.98 Å². The molecule has 3 heteroatoms. The minimum absolute atomic E-state index is 0.0965. The van der Waals surface area contributed by atoms with Crippen molar-refractivity contribution in [3.8, 4) is 0 Å². The van der Waals surface area contributed by atoms with Gasteiger partial charge in [0.2, 0.25) is 0 Å². The van der Waals surface area contributed by atoms with Crippen LogP contribution < -0.4 is 0 Å². The Morgan fingerprint density at radius 3 is 2.69 bits per heavy atom. The summed E-state index contributed by atoms with van der Waals surface area (Å²) in [6, 6.07) is 2.06. The summed E-state index contributed by atoms with van der Waals surface area (Å²) in [5.41, 5.74) is 3.16. The lowest BCUT2D eigenvalue weighted by Gasteiger charge is -2.16. The van der Waals surface area contributed by atoms with Crippen molar-refractivity contribution in [3.63, 3.8) is 0 Å². The van der Waals surface area contributed by atoms with Gasteiger partial charge in [0.25, 0.3) is 0 Å². The first kappa shape index (κ1) is 8.23. The van der Waals surface area contributed by atoms with E-state index in [2.05, 4.69) is 41.8 Å². The molecule has 0 aromatic carbocycles. The molecular formula is C10H13N3. The quantitative estimate of drug-likeness (QED) is 0.667. The van der Waals surface area contributed by atoms with Gasteiger partial charge in [-0.05, 0) is 6.07 Å². The number of nitrogens with one attached hydrogen (secondary N) is 1. The second-order valence-electron chi connectivity index (χ2n) is 4.24. The van der Waals surface area contributed by atoms with Crippen molar-refractivity contribution in [2.24, 2.45) is 0 Å². The highest BCUT2D eigenvalue weighted by molar-refractivity contribution is 5.73. The normalized spacial score (nSPS) is 12.2. The molecule has 2 heterocycles. The second kappa shape index (κ2) is 2.55. The van der Waals surface area contributed by atoms with Crippen molar-refractivity contribution in [3.05, 3.63) is 24.3 Å². The lowest BCUT2D eigenvalue weighted by Crippen LogP contribution is -2.12. The maximum atomic E-state index is 4.37. The number of H-pyrrole nitrogens is 1. The standard InChI is InChI=1S/C10H13N3/c1-10(2,3)9-4-7-8(5-11-9)13-6-12-7/h4-6H,1-3H3,(H,12,13). The molecule has 0 aliphatic heterocycles. The number of aromatic amines is 1. The number of hydrogen-bond acceptors (Lipinski definition) is 2. The number of hydrogen-bond donors (Lipinski definition) is 1. The van der Waals surface area contributed by atoms with E-state index in [9.17, 15) is 0 Å². The molecule has 3 nitrogen and oxygen atoms in total. The molecule has 0 unspecified atom stereocenters. The Balaban J connectivity index is 2.61. The zero-order chi connectivity index (χ0) is 9.47. The Morgan fingerprint density at radius 2 is 2.00 bits per heavy atom. The van der Waals surface area contributed by atoms with Gasteiger partial charge in [0.05, 0.1) is 18.0 Å². The first-order valence-electron chi connectivity index (χ1n) is 4.37. The fourth-order valence-electron chi connectivity index (χ4n) is 1.25. The lowest BCUT2D eigenvalue weighted by molar-refractivity contribution is 0.570. The monoisotopic (exact) mass is 175 g/mol. The van der Waals surface area contributed by atoms with E-state index in [1.165, 1.54) is 0 Å². The molecule has 2 aromatic heterocycles. The molecule has 13 heavy (non-hydrogen) atoms. The van der Waals surface area contributed by atoms with E-state index in [4.69, 9.17) is 0 Å². The topological polar surface area (TPSA) is 41.6 Å². The van der Waals surface area contributed by atoms with Crippen LogP contribution in [-0.2, 0) is 5.41 Å². The molecule has 0 bridgehead atoms. The molecule has 0 fully saturated rings. The molecule has 0 amide bonds. The Bertz CT molecular complexity index is 423. The summed E-state index contributed by atoms with van der Waals surface area (Å²) in [4.78, 5) is 11.6. The Morgan fingerprint density at radius 1 is 1.23 bits per heavy atom. The maximum absolute atomic E-state index is 4.37. The van der Waals surface area contributed by atoms with Crippen molar-refractivity contribution in [1.82, 2.24) is 15.0 Å². The number of imidazole rings is 1. The van der Waals surface area contributed by atoms with Crippen molar-refractivity contribution >= 4 is 11.0 Å². The molecule has 2 rings (SSSR count). The highest BCUT2D eigenvalue weighted by Crippen LogP contribution is 2.21. The van der Waals surface area contributed by atoms with Gasteiger partial charge in [-0.3, -0.25) is 4.98 Å². The van der Waals surface area contributed by atoms with Crippen LogP contribution in [-0.4, -0.2) is 15.0 Å². The maximum Gasteiger partial charge on any atom is 0.107 e. The van der Waals surface area contributed by atoms with Gasteiger partial charge in [-0.15, -0.1) is 0 Å². The average Bonchev–Trinajstić information content (AvgIpc) is 2.47. The molecule has 0 saturated carbocycles. The van der Waals surface area contributed by atoms with E-state index < -0.39 is 0 Å². The number of aromatic nitrogens is 3. The van der Waals surface area contributed by atoms with Gasteiger partial charge in [-0.25, -0.2) is 4.98 Å². The van der Waals surface area contributed by atoms with E-state index in [0.717, 1.165) is 16.7 Å². The van der Waals surface area contributed by atoms with Crippen LogP contribution in [0.1, 0.15) is 26.5 Å². The predicted octanol–water partition coefficient (Wildman–Crippen LogP) is 2.26. The second-order valence-corrected chi connectivity index (χ2v) is 4.24. The Labute approximate surface area is 77.2 Å². The molecule has 0 radical (unpaired) electrons. The summed E-state index contributed by atoms with van der Waals surface area (Å²) < 4.78 is 0. The van der Waals surface area contributed by atoms with E-state index in [1.54, 1.807) is 6.33 Å². The van der Waals surface area contributed by atoms with Crippen LogP contribution in [0.4, 0.5) is 0 Å². The minimum atomic E-state index is 0.0965. The van der Waals surface area contributed by atoms with Gasteiger partial charge in [-0.2, -0.15) is 0 Å². The van der Waals surface area contributed by atoms with Crippen molar-refractivity contribution < 1.29 is 0 Å². The molecular weight excluding hydrogens is 162 g/mol. The van der Waals surface area contributed by atoms with Gasteiger partial charge >= 0.3 is 0 Å². The third kappa shape index (κ3) is 1.41. The predicted molar refractivity (Wildman–Crippen MR) is 52.6 cm³/mol. The summed E-state index contributed by atoms with van der Waals surface area (Å²) in [6.45, 7) is 6.45. The van der Waals surface area contributed by atoms with Crippen molar-refractivity contribution in [2.45, 2.75) is 26.2 Å².